The van der Waals surface area contributed by atoms with E-state index in [4.69, 9.17) is 14.2 Å². The van der Waals surface area contributed by atoms with Gasteiger partial charge in [0.25, 0.3) is 0 Å². The number of amides is 1. The van der Waals surface area contributed by atoms with Crippen molar-refractivity contribution in [3.8, 4) is 11.5 Å². The van der Waals surface area contributed by atoms with Gasteiger partial charge >= 0.3 is 0 Å². The molecule has 0 aliphatic heterocycles. The van der Waals surface area contributed by atoms with Crippen LogP contribution < -0.4 is 19.5 Å². The van der Waals surface area contributed by atoms with E-state index in [2.05, 4.69) is 10.0 Å². The van der Waals surface area contributed by atoms with Gasteiger partial charge in [-0.2, -0.15) is 4.72 Å². The van der Waals surface area contributed by atoms with Crippen molar-refractivity contribution in [1.82, 2.24) is 10.0 Å². The van der Waals surface area contributed by atoms with Gasteiger partial charge in [0.1, 0.15) is 0 Å². The van der Waals surface area contributed by atoms with Crippen LogP contribution in [0.2, 0.25) is 0 Å². The Bertz CT molecular complexity index is 690. The molecule has 0 heterocycles. The predicted molar refractivity (Wildman–Crippen MR) is 98.0 cm³/mol. The summed E-state index contributed by atoms with van der Waals surface area (Å²) < 4.78 is 42.8. The third-order valence-electron chi connectivity index (χ3n) is 3.46. The summed E-state index contributed by atoms with van der Waals surface area (Å²) in [6.45, 7) is 6.29. The van der Waals surface area contributed by atoms with E-state index >= 15 is 0 Å². The number of benzene rings is 1. The van der Waals surface area contributed by atoms with Gasteiger partial charge in [-0.15, -0.1) is 0 Å². The largest absolute Gasteiger partial charge is 0.493 e. The van der Waals surface area contributed by atoms with Crippen LogP contribution in [-0.2, 0) is 19.6 Å². The summed E-state index contributed by atoms with van der Waals surface area (Å²) in [4.78, 5) is 12.0. The molecular formula is C17H28N2O6S. The minimum Gasteiger partial charge on any atom is -0.493 e. The van der Waals surface area contributed by atoms with Crippen LogP contribution in [0.15, 0.2) is 23.1 Å². The SMILES string of the molecule is COc1ccc(S(=O)(=O)N[C@@H](C)C(=O)NCCCOC(C)C)cc1OC. The van der Waals surface area contributed by atoms with E-state index in [-0.39, 0.29) is 16.7 Å². The lowest BCUT2D eigenvalue weighted by atomic mass is 10.3. The van der Waals surface area contributed by atoms with Gasteiger partial charge in [-0.25, -0.2) is 8.42 Å². The third kappa shape index (κ3) is 6.81. The Labute approximate surface area is 155 Å². The molecule has 1 rings (SSSR count). The van der Waals surface area contributed by atoms with E-state index in [0.717, 1.165) is 0 Å². The third-order valence-corrected chi connectivity index (χ3v) is 5.00. The molecule has 9 heteroatoms. The van der Waals surface area contributed by atoms with Gasteiger partial charge in [-0.1, -0.05) is 0 Å². The van der Waals surface area contributed by atoms with Gasteiger partial charge in [-0.05, 0) is 39.3 Å². The van der Waals surface area contributed by atoms with Crippen molar-refractivity contribution in [1.29, 1.82) is 0 Å². The first kappa shape index (κ1) is 22.2. The summed E-state index contributed by atoms with van der Waals surface area (Å²) >= 11 is 0. The molecule has 148 valence electrons. The van der Waals surface area contributed by atoms with E-state index in [1.165, 1.54) is 39.3 Å². The summed E-state index contributed by atoms with van der Waals surface area (Å²) in [5, 5.41) is 2.68. The Balaban J connectivity index is 2.64. The molecule has 0 spiro atoms. The van der Waals surface area contributed by atoms with Crippen molar-refractivity contribution in [2.75, 3.05) is 27.4 Å². The van der Waals surface area contributed by atoms with Crippen LogP contribution >= 0.6 is 0 Å². The van der Waals surface area contributed by atoms with Crippen molar-refractivity contribution >= 4 is 15.9 Å². The predicted octanol–water partition coefficient (Wildman–Crippen LogP) is 1.30. The fourth-order valence-corrected chi connectivity index (χ4v) is 3.31. The minimum absolute atomic E-state index is 0.0138. The Morgan fingerprint density at radius 1 is 1.12 bits per heavy atom. The molecule has 0 aromatic heterocycles. The smallest absolute Gasteiger partial charge is 0.241 e. The number of hydrogen-bond donors (Lipinski definition) is 2. The fraction of sp³-hybridized carbons (Fsp3) is 0.588. The van der Waals surface area contributed by atoms with Crippen molar-refractivity contribution in [2.24, 2.45) is 0 Å². The second kappa shape index (κ2) is 10.3. The quantitative estimate of drug-likeness (QED) is 0.554. The molecule has 0 saturated carbocycles. The highest BCUT2D eigenvalue weighted by molar-refractivity contribution is 7.89. The maximum absolute atomic E-state index is 12.5. The topological polar surface area (TPSA) is 103 Å². The zero-order chi connectivity index (χ0) is 19.7. The maximum Gasteiger partial charge on any atom is 0.241 e. The van der Waals surface area contributed by atoms with Crippen molar-refractivity contribution < 1.29 is 27.4 Å². The number of carbonyl (C=O) groups excluding carboxylic acids is 1. The van der Waals surface area contributed by atoms with Gasteiger partial charge in [0.2, 0.25) is 15.9 Å². The number of methoxy groups -OCH3 is 2. The number of carbonyl (C=O) groups is 1. The van der Waals surface area contributed by atoms with Crippen molar-refractivity contribution in [2.45, 2.75) is 44.2 Å². The molecule has 1 aromatic carbocycles. The van der Waals surface area contributed by atoms with E-state index in [0.29, 0.717) is 25.3 Å². The number of rotatable bonds is 11. The number of ether oxygens (including phenoxy) is 3. The summed E-state index contributed by atoms with van der Waals surface area (Å²) in [5.74, 6) is 0.303. The highest BCUT2D eigenvalue weighted by atomic mass is 32.2. The molecule has 26 heavy (non-hydrogen) atoms. The summed E-state index contributed by atoms with van der Waals surface area (Å²) in [7, 11) is -1.00. The zero-order valence-electron chi connectivity index (χ0n) is 15.9. The van der Waals surface area contributed by atoms with E-state index in [9.17, 15) is 13.2 Å². The van der Waals surface area contributed by atoms with E-state index in [1.54, 1.807) is 0 Å². The van der Waals surface area contributed by atoms with Crippen LogP contribution in [-0.4, -0.2) is 53.8 Å². The van der Waals surface area contributed by atoms with Crippen LogP contribution in [0, 0.1) is 0 Å². The Kier molecular flexibility index (Phi) is 8.83. The summed E-state index contributed by atoms with van der Waals surface area (Å²) in [5.41, 5.74) is 0. The molecule has 1 aromatic rings. The average Bonchev–Trinajstić information content (AvgIpc) is 2.59. The van der Waals surface area contributed by atoms with Gasteiger partial charge < -0.3 is 19.5 Å². The molecule has 0 aliphatic carbocycles. The number of sulfonamides is 1. The molecular weight excluding hydrogens is 360 g/mol. The zero-order valence-corrected chi connectivity index (χ0v) is 16.7. The number of nitrogens with one attached hydrogen (secondary N) is 2. The monoisotopic (exact) mass is 388 g/mol. The van der Waals surface area contributed by atoms with Crippen LogP contribution in [0.4, 0.5) is 0 Å². The summed E-state index contributed by atoms with van der Waals surface area (Å²) in [6.07, 6.45) is 0.789. The van der Waals surface area contributed by atoms with Gasteiger partial charge in [0, 0.05) is 19.2 Å². The molecule has 0 saturated heterocycles. The molecule has 0 bridgehead atoms. The highest BCUT2D eigenvalue weighted by Gasteiger charge is 2.23. The van der Waals surface area contributed by atoms with Gasteiger partial charge in [0.15, 0.2) is 11.5 Å². The Morgan fingerprint density at radius 2 is 1.77 bits per heavy atom. The highest BCUT2D eigenvalue weighted by Crippen LogP contribution is 2.29. The summed E-state index contributed by atoms with van der Waals surface area (Å²) in [6, 6.07) is 3.30. The lowest BCUT2D eigenvalue weighted by Gasteiger charge is -2.16. The molecule has 0 radical (unpaired) electrons. The fourth-order valence-electron chi connectivity index (χ4n) is 2.09. The van der Waals surface area contributed by atoms with Crippen LogP contribution in [0.5, 0.6) is 11.5 Å². The molecule has 2 N–H and O–H groups in total. The molecule has 0 aliphatic rings. The van der Waals surface area contributed by atoms with Crippen molar-refractivity contribution in [3.63, 3.8) is 0 Å². The average molecular weight is 388 g/mol. The lowest BCUT2D eigenvalue weighted by Crippen LogP contribution is -2.45. The van der Waals surface area contributed by atoms with Gasteiger partial charge in [0.05, 0.1) is 31.3 Å². The molecule has 8 nitrogen and oxygen atoms in total. The first-order valence-electron chi connectivity index (χ1n) is 8.35. The second-order valence-electron chi connectivity index (χ2n) is 5.92. The second-order valence-corrected chi connectivity index (χ2v) is 7.64. The molecule has 1 atom stereocenters. The molecule has 0 fully saturated rings. The minimum atomic E-state index is -3.88. The first-order chi connectivity index (χ1) is 12.2. The molecule has 1 amide bonds. The van der Waals surface area contributed by atoms with Crippen LogP contribution in [0.25, 0.3) is 0 Å². The van der Waals surface area contributed by atoms with Gasteiger partial charge in [-0.3, -0.25) is 4.79 Å². The van der Waals surface area contributed by atoms with Crippen molar-refractivity contribution in [3.05, 3.63) is 18.2 Å². The first-order valence-corrected chi connectivity index (χ1v) is 9.83. The number of hydrogen-bond acceptors (Lipinski definition) is 6. The standard InChI is InChI=1S/C17H28N2O6S/c1-12(2)25-10-6-9-18-17(20)13(3)19-26(21,22)14-7-8-15(23-4)16(11-14)24-5/h7-8,11-13,19H,6,9-10H2,1-5H3,(H,18,20)/t13-/m0/s1. The lowest BCUT2D eigenvalue weighted by molar-refractivity contribution is -0.122. The normalized spacial score (nSPS) is 12.7. The Morgan fingerprint density at radius 3 is 2.35 bits per heavy atom. The Hall–Kier alpha value is -1.84. The molecule has 0 unspecified atom stereocenters. The maximum atomic E-state index is 12.5. The van der Waals surface area contributed by atoms with Crippen LogP contribution in [0.1, 0.15) is 27.2 Å². The van der Waals surface area contributed by atoms with Crippen LogP contribution in [0.3, 0.4) is 0 Å². The van der Waals surface area contributed by atoms with E-state index in [1.807, 2.05) is 13.8 Å². The van der Waals surface area contributed by atoms with E-state index < -0.39 is 22.0 Å².